The summed E-state index contributed by atoms with van der Waals surface area (Å²) in [4.78, 5) is 4.65. The zero-order chi connectivity index (χ0) is 13.3. The second-order valence-electron chi connectivity index (χ2n) is 6.67. The van der Waals surface area contributed by atoms with Gasteiger partial charge in [0.1, 0.15) is 10.8 Å². The van der Waals surface area contributed by atoms with E-state index in [1.54, 1.807) is 0 Å². The van der Waals surface area contributed by atoms with Crippen LogP contribution in [-0.2, 0) is 11.8 Å². The Balaban J connectivity index is 2.79. The van der Waals surface area contributed by atoms with Gasteiger partial charge >= 0.3 is 0 Å². The molecule has 1 heterocycles. The second kappa shape index (κ2) is 5.02. The standard InChI is InChI=1S/C13H25N3S/c1-12(2,3)9(14-7)8-10-15-11(16-17-10)13(4,5)6/h9,14H,8H2,1-7H3. The van der Waals surface area contributed by atoms with Gasteiger partial charge in [0.05, 0.1) is 0 Å². The molecule has 0 saturated heterocycles. The van der Waals surface area contributed by atoms with E-state index < -0.39 is 0 Å². The number of nitrogens with one attached hydrogen (secondary N) is 1. The van der Waals surface area contributed by atoms with E-state index in [-0.39, 0.29) is 10.8 Å². The summed E-state index contributed by atoms with van der Waals surface area (Å²) in [6, 6.07) is 0.434. The van der Waals surface area contributed by atoms with Gasteiger partial charge in [0.15, 0.2) is 0 Å². The van der Waals surface area contributed by atoms with Crippen LogP contribution in [-0.4, -0.2) is 22.4 Å². The van der Waals surface area contributed by atoms with Gasteiger partial charge in [-0.3, -0.25) is 0 Å². The highest BCUT2D eigenvalue weighted by atomic mass is 32.1. The summed E-state index contributed by atoms with van der Waals surface area (Å²) >= 11 is 1.54. The molecule has 0 aliphatic carbocycles. The molecule has 0 radical (unpaired) electrons. The van der Waals surface area contributed by atoms with Crippen molar-refractivity contribution >= 4 is 11.5 Å². The fourth-order valence-corrected chi connectivity index (χ4v) is 2.53. The molecule has 0 fully saturated rings. The minimum Gasteiger partial charge on any atom is -0.316 e. The molecular weight excluding hydrogens is 230 g/mol. The van der Waals surface area contributed by atoms with Crippen molar-refractivity contribution in [2.45, 2.75) is 59.4 Å². The average Bonchev–Trinajstić information content (AvgIpc) is 2.59. The normalized spacial score (nSPS) is 15.0. The first kappa shape index (κ1) is 14.6. The lowest BCUT2D eigenvalue weighted by Gasteiger charge is -2.29. The van der Waals surface area contributed by atoms with Gasteiger partial charge in [-0.1, -0.05) is 41.5 Å². The highest BCUT2D eigenvalue weighted by molar-refractivity contribution is 7.05. The van der Waals surface area contributed by atoms with E-state index in [1.165, 1.54) is 11.5 Å². The first-order chi connectivity index (χ1) is 7.64. The van der Waals surface area contributed by atoms with Crippen molar-refractivity contribution in [1.82, 2.24) is 14.7 Å². The Morgan fingerprint density at radius 3 is 2.12 bits per heavy atom. The van der Waals surface area contributed by atoms with Crippen LogP contribution >= 0.6 is 11.5 Å². The molecule has 17 heavy (non-hydrogen) atoms. The van der Waals surface area contributed by atoms with Gasteiger partial charge in [-0.2, -0.15) is 4.37 Å². The molecule has 0 aliphatic heterocycles. The summed E-state index contributed by atoms with van der Waals surface area (Å²) in [6.45, 7) is 13.2. The molecule has 0 spiro atoms. The molecule has 1 aromatic rings. The van der Waals surface area contributed by atoms with Gasteiger partial charge in [-0.25, -0.2) is 4.98 Å². The summed E-state index contributed by atoms with van der Waals surface area (Å²) in [5, 5.41) is 4.51. The van der Waals surface area contributed by atoms with Gasteiger partial charge in [-0.05, 0) is 24.0 Å². The maximum absolute atomic E-state index is 4.65. The van der Waals surface area contributed by atoms with Crippen molar-refractivity contribution < 1.29 is 0 Å². The Hall–Kier alpha value is -0.480. The number of hydrogen-bond acceptors (Lipinski definition) is 4. The number of aromatic nitrogens is 2. The molecule has 0 amide bonds. The fourth-order valence-electron chi connectivity index (χ4n) is 1.66. The number of nitrogens with zero attached hydrogens (tertiary/aromatic N) is 2. The lowest BCUT2D eigenvalue weighted by molar-refractivity contribution is 0.279. The van der Waals surface area contributed by atoms with Crippen LogP contribution in [0.4, 0.5) is 0 Å². The highest BCUT2D eigenvalue weighted by Crippen LogP contribution is 2.25. The van der Waals surface area contributed by atoms with Crippen LogP contribution in [0, 0.1) is 5.41 Å². The van der Waals surface area contributed by atoms with Gasteiger partial charge in [0.25, 0.3) is 0 Å². The van der Waals surface area contributed by atoms with Gasteiger partial charge in [-0.15, -0.1) is 0 Å². The van der Waals surface area contributed by atoms with Crippen molar-refractivity contribution in [2.24, 2.45) is 5.41 Å². The predicted molar refractivity (Wildman–Crippen MR) is 74.6 cm³/mol. The lowest BCUT2D eigenvalue weighted by Crippen LogP contribution is -2.39. The first-order valence-corrected chi connectivity index (χ1v) is 6.92. The molecule has 4 heteroatoms. The summed E-state index contributed by atoms with van der Waals surface area (Å²) < 4.78 is 4.46. The molecule has 1 atom stereocenters. The van der Waals surface area contributed by atoms with Gasteiger partial charge in [0.2, 0.25) is 0 Å². The largest absolute Gasteiger partial charge is 0.316 e. The summed E-state index contributed by atoms with van der Waals surface area (Å²) in [5.41, 5.74) is 0.286. The van der Waals surface area contributed by atoms with E-state index in [9.17, 15) is 0 Å². The molecule has 0 saturated carbocycles. The van der Waals surface area contributed by atoms with Crippen LogP contribution in [0.3, 0.4) is 0 Å². The summed E-state index contributed by atoms with van der Waals surface area (Å²) in [6.07, 6.45) is 0.952. The molecule has 3 nitrogen and oxygen atoms in total. The van der Waals surface area contributed by atoms with E-state index in [2.05, 4.69) is 56.2 Å². The van der Waals surface area contributed by atoms with Crippen molar-refractivity contribution in [3.05, 3.63) is 10.8 Å². The van der Waals surface area contributed by atoms with Crippen LogP contribution in [0.2, 0.25) is 0 Å². The van der Waals surface area contributed by atoms with Crippen molar-refractivity contribution in [3.8, 4) is 0 Å². The first-order valence-electron chi connectivity index (χ1n) is 6.15. The second-order valence-corrected chi connectivity index (χ2v) is 7.51. The predicted octanol–water partition coefficient (Wildman–Crippen LogP) is 3.01. The van der Waals surface area contributed by atoms with Crippen molar-refractivity contribution in [2.75, 3.05) is 7.05 Å². The maximum Gasteiger partial charge on any atom is 0.147 e. The highest BCUT2D eigenvalue weighted by Gasteiger charge is 2.26. The number of rotatable bonds is 3. The SMILES string of the molecule is CNC(Cc1nc(C(C)(C)C)ns1)C(C)(C)C. The molecule has 0 bridgehead atoms. The molecule has 98 valence electrons. The third-order valence-electron chi connectivity index (χ3n) is 2.91. The molecule has 1 aromatic heterocycles. The third-order valence-corrected chi connectivity index (χ3v) is 3.64. The maximum atomic E-state index is 4.65. The van der Waals surface area contributed by atoms with Crippen molar-refractivity contribution in [3.63, 3.8) is 0 Å². The van der Waals surface area contributed by atoms with E-state index in [4.69, 9.17) is 0 Å². The molecule has 1 unspecified atom stereocenters. The van der Waals surface area contributed by atoms with E-state index in [0.717, 1.165) is 17.3 Å². The zero-order valence-corrected chi connectivity index (χ0v) is 12.9. The van der Waals surface area contributed by atoms with E-state index in [1.807, 2.05) is 7.05 Å². The summed E-state index contributed by atoms with van der Waals surface area (Å²) in [7, 11) is 2.02. The van der Waals surface area contributed by atoms with Crippen LogP contribution in [0.5, 0.6) is 0 Å². The molecule has 0 aliphatic rings. The number of hydrogen-bond donors (Lipinski definition) is 1. The van der Waals surface area contributed by atoms with Crippen LogP contribution in [0.1, 0.15) is 52.4 Å². The van der Waals surface area contributed by atoms with E-state index in [0.29, 0.717) is 6.04 Å². The topological polar surface area (TPSA) is 37.8 Å². The average molecular weight is 255 g/mol. The molecule has 1 N–H and O–H groups in total. The smallest absolute Gasteiger partial charge is 0.147 e. The fraction of sp³-hybridized carbons (Fsp3) is 0.846. The Morgan fingerprint density at radius 2 is 1.76 bits per heavy atom. The Bertz CT molecular complexity index is 357. The molecule has 0 aromatic carbocycles. The molecule has 1 rings (SSSR count). The Kier molecular flexibility index (Phi) is 4.31. The minimum atomic E-state index is 0.0472. The minimum absolute atomic E-state index is 0.0472. The van der Waals surface area contributed by atoms with Crippen LogP contribution in [0.15, 0.2) is 0 Å². The quantitative estimate of drug-likeness (QED) is 0.902. The summed E-state index contributed by atoms with van der Waals surface area (Å²) in [5.74, 6) is 0.960. The van der Waals surface area contributed by atoms with Crippen molar-refractivity contribution in [1.29, 1.82) is 0 Å². The Labute approximate surface area is 109 Å². The molecular formula is C13H25N3S. The van der Waals surface area contributed by atoms with Gasteiger partial charge in [0, 0.05) is 17.9 Å². The monoisotopic (exact) mass is 255 g/mol. The Morgan fingerprint density at radius 1 is 1.18 bits per heavy atom. The van der Waals surface area contributed by atoms with E-state index >= 15 is 0 Å². The number of likely N-dealkylation sites (N-methyl/N-ethyl adjacent to an activating group) is 1. The zero-order valence-electron chi connectivity index (χ0n) is 12.1. The van der Waals surface area contributed by atoms with Crippen LogP contribution < -0.4 is 5.32 Å². The third kappa shape index (κ3) is 4.03. The van der Waals surface area contributed by atoms with Gasteiger partial charge < -0.3 is 5.32 Å². The van der Waals surface area contributed by atoms with Crippen LogP contribution in [0.25, 0.3) is 0 Å². The lowest BCUT2D eigenvalue weighted by atomic mass is 9.85.